The van der Waals surface area contributed by atoms with E-state index >= 15 is 0 Å². The lowest BCUT2D eigenvalue weighted by molar-refractivity contribution is 0.126. The molecule has 92 valence electrons. The number of amides is 2. The van der Waals surface area contributed by atoms with E-state index in [4.69, 9.17) is 0 Å². The molecule has 2 amide bonds. The topological polar surface area (TPSA) is 41.1 Å². The first kappa shape index (κ1) is 11.7. The van der Waals surface area contributed by atoms with Crippen molar-refractivity contribution in [1.29, 1.82) is 0 Å². The summed E-state index contributed by atoms with van der Waals surface area (Å²) < 4.78 is 0. The van der Waals surface area contributed by atoms with Crippen LogP contribution in [-0.4, -0.2) is 18.6 Å². The minimum absolute atomic E-state index is 0.0478. The molecule has 0 saturated heterocycles. The van der Waals surface area contributed by atoms with E-state index in [9.17, 15) is 4.79 Å². The third-order valence-corrected chi connectivity index (χ3v) is 4.48. The summed E-state index contributed by atoms with van der Waals surface area (Å²) in [6, 6.07) is 0.477. The summed E-state index contributed by atoms with van der Waals surface area (Å²) in [4.78, 5) is 11.7. The maximum Gasteiger partial charge on any atom is 0.315 e. The van der Waals surface area contributed by atoms with Gasteiger partial charge in [-0.2, -0.15) is 0 Å². The Bertz CT molecular complexity index is 237. The Hall–Kier alpha value is -0.730. The van der Waals surface area contributed by atoms with Gasteiger partial charge in [0.2, 0.25) is 0 Å². The molecule has 0 aromatic rings. The molecule has 0 spiro atoms. The maximum atomic E-state index is 11.7. The maximum absolute atomic E-state index is 11.7. The summed E-state index contributed by atoms with van der Waals surface area (Å²) in [5.74, 6) is 0. The molecule has 3 heteroatoms. The second kappa shape index (κ2) is 5.07. The molecule has 2 fully saturated rings. The van der Waals surface area contributed by atoms with E-state index in [1.165, 1.54) is 38.5 Å². The lowest BCUT2D eigenvalue weighted by Crippen LogP contribution is -2.47. The van der Waals surface area contributed by atoms with Crippen molar-refractivity contribution in [2.24, 2.45) is 5.41 Å². The van der Waals surface area contributed by atoms with Crippen molar-refractivity contribution in [2.75, 3.05) is 6.54 Å². The second-order valence-corrected chi connectivity index (χ2v) is 5.52. The van der Waals surface area contributed by atoms with E-state index in [2.05, 4.69) is 17.6 Å². The molecule has 2 saturated carbocycles. The second-order valence-electron chi connectivity index (χ2n) is 5.52. The molecule has 2 aliphatic rings. The SMILES string of the molecule is CCC1(CNC(=O)NC2CCCC2)CCC1. The normalized spacial score (nSPS) is 23.8. The van der Waals surface area contributed by atoms with Gasteiger partial charge in [-0.25, -0.2) is 4.79 Å². The van der Waals surface area contributed by atoms with Crippen molar-refractivity contribution < 1.29 is 4.79 Å². The number of carbonyl (C=O) groups excluding carboxylic acids is 1. The van der Waals surface area contributed by atoms with Gasteiger partial charge in [0.05, 0.1) is 0 Å². The van der Waals surface area contributed by atoms with Gasteiger partial charge in [0.15, 0.2) is 0 Å². The molecule has 0 aliphatic heterocycles. The molecule has 0 aromatic heterocycles. The van der Waals surface area contributed by atoms with E-state index in [0.29, 0.717) is 11.5 Å². The molecule has 2 rings (SSSR count). The summed E-state index contributed by atoms with van der Waals surface area (Å²) in [5.41, 5.74) is 0.424. The Morgan fingerprint density at radius 2 is 1.94 bits per heavy atom. The van der Waals surface area contributed by atoms with Crippen molar-refractivity contribution in [3.05, 3.63) is 0 Å². The standard InChI is InChI=1S/C13H24N2O/c1-2-13(8-5-9-13)10-14-12(16)15-11-6-3-4-7-11/h11H,2-10H2,1H3,(H2,14,15,16). The smallest absolute Gasteiger partial charge is 0.315 e. The Morgan fingerprint density at radius 3 is 2.44 bits per heavy atom. The summed E-state index contributed by atoms with van der Waals surface area (Å²) in [7, 11) is 0. The zero-order chi connectivity index (χ0) is 11.4. The zero-order valence-corrected chi connectivity index (χ0v) is 10.3. The Morgan fingerprint density at radius 1 is 1.25 bits per heavy atom. The Balaban J connectivity index is 1.66. The average molecular weight is 224 g/mol. The number of nitrogens with one attached hydrogen (secondary N) is 2. The van der Waals surface area contributed by atoms with Crippen LogP contribution in [0.3, 0.4) is 0 Å². The predicted molar refractivity (Wildman–Crippen MR) is 65.4 cm³/mol. The highest BCUT2D eigenvalue weighted by Crippen LogP contribution is 2.42. The van der Waals surface area contributed by atoms with Crippen LogP contribution in [0.4, 0.5) is 4.79 Å². The number of carbonyl (C=O) groups is 1. The third-order valence-electron chi connectivity index (χ3n) is 4.48. The van der Waals surface area contributed by atoms with Crippen molar-refractivity contribution in [1.82, 2.24) is 10.6 Å². The van der Waals surface area contributed by atoms with Crippen LogP contribution in [0.5, 0.6) is 0 Å². The van der Waals surface area contributed by atoms with Crippen LogP contribution in [0, 0.1) is 5.41 Å². The van der Waals surface area contributed by atoms with Gasteiger partial charge < -0.3 is 10.6 Å². The van der Waals surface area contributed by atoms with Gasteiger partial charge in [0.1, 0.15) is 0 Å². The molecule has 0 aromatic carbocycles. The van der Waals surface area contributed by atoms with Gasteiger partial charge in [-0.1, -0.05) is 26.2 Å². The van der Waals surface area contributed by atoms with E-state index in [0.717, 1.165) is 19.4 Å². The van der Waals surface area contributed by atoms with Gasteiger partial charge in [0, 0.05) is 12.6 Å². The van der Waals surface area contributed by atoms with Gasteiger partial charge in [-0.15, -0.1) is 0 Å². The van der Waals surface area contributed by atoms with E-state index < -0.39 is 0 Å². The van der Waals surface area contributed by atoms with Gasteiger partial charge in [-0.3, -0.25) is 0 Å². The van der Waals surface area contributed by atoms with Gasteiger partial charge in [0.25, 0.3) is 0 Å². The van der Waals surface area contributed by atoms with Gasteiger partial charge in [-0.05, 0) is 37.5 Å². The number of urea groups is 1. The Labute approximate surface area is 98.4 Å². The lowest BCUT2D eigenvalue weighted by atomic mass is 9.67. The van der Waals surface area contributed by atoms with E-state index in [1.807, 2.05) is 0 Å². The Kier molecular flexibility index (Phi) is 3.72. The molecule has 0 atom stereocenters. The van der Waals surface area contributed by atoms with Gasteiger partial charge >= 0.3 is 6.03 Å². The monoisotopic (exact) mass is 224 g/mol. The van der Waals surface area contributed by atoms with E-state index in [1.54, 1.807) is 0 Å². The van der Waals surface area contributed by atoms with Crippen LogP contribution < -0.4 is 10.6 Å². The first-order valence-corrected chi connectivity index (χ1v) is 6.78. The summed E-state index contributed by atoms with van der Waals surface area (Å²) >= 11 is 0. The predicted octanol–water partition coefficient (Wildman–Crippen LogP) is 2.81. The van der Waals surface area contributed by atoms with Crippen molar-refractivity contribution >= 4 is 6.03 Å². The number of hydrogen-bond donors (Lipinski definition) is 2. The largest absolute Gasteiger partial charge is 0.338 e. The molecule has 0 radical (unpaired) electrons. The minimum atomic E-state index is 0.0478. The third kappa shape index (κ3) is 2.69. The van der Waals surface area contributed by atoms with Crippen molar-refractivity contribution in [2.45, 2.75) is 64.3 Å². The van der Waals surface area contributed by atoms with Crippen LogP contribution in [0.15, 0.2) is 0 Å². The fraction of sp³-hybridized carbons (Fsp3) is 0.923. The fourth-order valence-corrected chi connectivity index (χ4v) is 2.91. The molecule has 3 nitrogen and oxygen atoms in total. The summed E-state index contributed by atoms with van der Waals surface area (Å²) in [6.07, 6.45) is 9.95. The van der Waals surface area contributed by atoms with E-state index in [-0.39, 0.29) is 6.03 Å². The molecule has 0 unspecified atom stereocenters. The summed E-state index contributed by atoms with van der Waals surface area (Å²) in [6.45, 7) is 3.10. The average Bonchev–Trinajstić information content (AvgIpc) is 2.69. The lowest BCUT2D eigenvalue weighted by Gasteiger charge is -2.41. The molecule has 0 heterocycles. The molecule has 16 heavy (non-hydrogen) atoms. The number of hydrogen-bond acceptors (Lipinski definition) is 1. The van der Waals surface area contributed by atoms with Crippen LogP contribution >= 0.6 is 0 Å². The minimum Gasteiger partial charge on any atom is -0.338 e. The fourth-order valence-electron chi connectivity index (χ4n) is 2.91. The molecule has 2 aliphatic carbocycles. The highest BCUT2D eigenvalue weighted by atomic mass is 16.2. The number of rotatable bonds is 4. The summed E-state index contributed by atoms with van der Waals surface area (Å²) in [5, 5.41) is 6.13. The zero-order valence-electron chi connectivity index (χ0n) is 10.3. The molecule has 2 N–H and O–H groups in total. The van der Waals surface area contributed by atoms with Crippen LogP contribution in [0.1, 0.15) is 58.3 Å². The van der Waals surface area contributed by atoms with Crippen LogP contribution in [-0.2, 0) is 0 Å². The van der Waals surface area contributed by atoms with Crippen molar-refractivity contribution in [3.63, 3.8) is 0 Å². The first-order chi connectivity index (χ1) is 7.74. The highest BCUT2D eigenvalue weighted by Gasteiger charge is 2.35. The highest BCUT2D eigenvalue weighted by molar-refractivity contribution is 5.74. The molecular formula is C13H24N2O. The van der Waals surface area contributed by atoms with Crippen LogP contribution in [0.2, 0.25) is 0 Å². The van der Waals surface area contributed by atoms with Crippen LogP contribution in [0.25, 0.3) is 0 Å². The molecular weight excluding hydrogens is 200 g/mol. The molecule has 0 bridgehead atoms. The van der Waals surface area contributed by atoms with Crippen molar-refractivity contribution in [3.8, 4) is 0 Å². The quantitative estimate of drug-likeness (QED) is 0.757. The first-order valence-electron chi connectivity index (χ1n) is 6.78.